The van der Waals surface area contributed by atoms with E-state index in [9.17, 15) is 9.59 Å². The molecule has 2 aliphatic rings. The first kappa shape index (κ1) is 13.5. The zero-order valence-electron chi connectivity index (χ0n) is 10.4. The maximum atomic E-state index is 12.2. The molecule has 0 saturated carbocycles. The fourth-order valence-electron chi connectivity index (χ4n) is 2.23. The quantitative estimate of drug-likeness (QED) is 0.819. The highest BCUT2D eigenvalue weighted by molar-refractivity contribution is 7.99. The summed E-state index contributed by atoms with van der Waals surface area (Å²) in [6.45, 7) is 1.29. The molecule has 0 aromatic rings. The van der Waals surface area contributed by atoms with Gasteiger partial charge in [0.05, 0.1) is 12.0 Å². The number of carboxylic acids is 1. The van der Waals surface area contributed by atoms with Crippen molar-refractivity contribution in [2.24, 2.45) is 0 Å². The molecule has 2 amide bonds. The first-order valence-electron chi connectivity index (χ1n) is 6.03. The van der Waals surface area contributed by atoms with Crippen molar-refractivity contribution < 1.29 is 19.4 Å². The third-order valence-electron chi connectivity index (χ3n) is 3.24. The number of nitrogens with zero attached hydrogens (tertiary/aromatic N) is 2. The van der Waals surface area contributed by atoms with Crippen LogP contribution in [0.2, 0.25) is 0 Å². The van der Waals surface area contributed by atoms with Gasteiger partial charge in [0.25, 0.3) is 0 Å². The van der Waals surface area contributed by atoms with Crippen LogP contribution in [0.4, 0.5) is 4.79 Å². The van der Waals surface area contributed by atoms with Gasteiger partial charge in [-0.3, -0.25) is 0 Å². The van der Waals surface area contributed by atoms with E-state index in [4.69, 9.17) is 9.84 Å². The number of carboxylic acid groups (broad SMARTS) is 1. The largest absolute Gasteiger partial charge is 0.480 e. The van der Waals surface area contributed by atoms with Gasteiger partial charge < -0.3 is 19.6 Å². The normalized spacial score (nSPS) is 27.5. The number of hydrogen-bond acceptors (Lipinski definition) is 4. The van der Waals surface area contributed by atoms with Crippen molar-refractivity contribution in [1.82, 2.24) is 9.80 Å². The van der Waals surface area contributed by atoms with Gasteiger partial charge in [-0.2, -0.15) is 0 Å². The summed E-state index contributed by atoms with van der Waals surface area (Å²) in [7, 11) is 1.70. The predicted octanol–water partition coefficient (Wildman–Crippen LogP) is 0.677. The smallest absolute Gasteiger partial charge is 0.327 e. The van der Waals surface area contributed by atoms with Crippen molar-refractivity contribution in [3.8, 4) is 0 Å². The third-order valence-corrected chi connectivity index (χ3v) is 4.25. The second-order valence-corrected chi connectivity index (χ2v) is 5.62. The SMILES string of the molecule is CN(CC1CCCO1)C(=O)N1CSC[C@H]1C(=O)O. The van der Waals surface area contributed by atoms with E-state index in [1.165, 1.54) is 16.7 Å². The summed E-state index contributed by atoms with van der Waals surface area (Å²) >= 11 is 1.47. The summed E-state index contributed by atoms with van der Waals surface area (Å²) in [6.07, 6.45) is 2.09. The van der Waals surface area contributed by atoms with Crippen LogP contribution in [0.5, 0.6) is 0 Å². The van der Waals surface area contributed by atoms with E-state index in [-0.39, 0.29) is 12.1 Å². The minimum atomic E-state index is -0.932. The maximum absolute atomic E-state index is 12.2. The molecule has 7 heteroatoms. The number of hydrogen-bond donors (Lipinski definition) is 1. The number of rotatable bonds is 3. The second-order valence-electron chi connectivity index (χ2n) is 4.62. The number of aliphatic carboxylic acids is 1. The fraction of sp³-hybridized carbons (Fsp3) is 0.818. The van der Waals surface area contributed by atoms with Crippen molar-refractivity contribution in [3.05, 3.63) is 0 Å². The number of ether oxygens (including phenoxy) is 1. The Bertz CT molecular complexity index is 333. The van der Waals surface area contributed by atoms with E-state index in [2.05, 4.69) is 0 Å². The number of likely N-dealkylation sites (N-methyl/N-ethyl adjacent to an activating group) is 1. The molecular formula is C11H18N2O4S. The first-order valence-corrected chi connectivity index (χ1v) is 7.19. The highest BCUT2D eigenvalue weighted by atomic mass is 32.2. The van der Waals surface area contributed by atoms with Crippen LogP contribution in [0, 0.1) is 0 Å². The van der Waals surface area contributed by atoms with Crippen molar-refractivity contribution in [1.29, 1.82) is 0 Å². The Kier molecular flexibility index (Phi) is 4.34. The van der Waals surface area contributed by atoms with E-state index in [1.807, 2.05) is 0 Å². The van der Waals surface area contributed by atoms with Gasteiger partial charge in [-0.1, -0.05) is 0 Å². The highest BCUT2D eigenvalue weighted by Crippen LogP contribution is 2.23. The Morgan fingerprint density at radius 3 is 2.94 bits per heavy atom. The van der Waals surface area contributed by atoms with Gasteiger partial charge in [0.15, 0.2) is 0 Å². The van der Waals surface area contributed by atoms with Gasteiger partial charge in [0, 0.05) is 26.0 Å². The lowest BCUT2D eigenvalue weighted by Gasteiger charge is -2.28. The average Bonchev–Trinajstić information content (AvgIpc) is 2.97. The second kappa shape index (κ2) is 5.79. The molecule has 6 nitrogen and oxygen atoms in total. The molecule has 0 aliphatic carbocycles. The van der Waals surface area contributed by atoms with Crippen molar-refractivity contribution in [2.45, 2.75) is 25.0 Å². The number of thioether (sulfide) groups is 1. The zero-order chi connectivity index (χ0) is 13.1. The van der Waals surface area contributed by atoms with Crippen LogP contribution in [-0.2, 0) is 9.53 Å². The lowest BCUT2D eigenvalue weighted by atomic mass is 10.2. The summed E-state index contributed by atoms with van der Waals surface area (Å²) < 4.78 is 5.48. The third kappa shape index (κ3) is 2.89. The molecule has 18 heavy (non-hydrogen) atoms. The molecule has 0 aromatic carbocycles. The average molecular weight is 274 g/mol. The minimum absolute atomic E-state index is 0.0949. The molecule has 0 spiro atoms. The molecule has 2 heterocycles. The Morgan fingerprint density at radius 2 is 2.33 bits per heavy atom. The molecule has 2 atom stereocenters. The lowest BCUT2D eigenvalue weighted by Crippen LogP contribution is -2.49. The van der Waals surface area contributed by atoms with Gasteiger partial charge in [-0.15, -0.1) is 11.8 Å². The molecule has 2 rings (SSSR count). The summed E-state index contributed by atoms with van der Waals surface area (Å²) in [5.74, 6) is -0.0144. The van der Waals surface area contributed by atoms with Crippen LogP contribution in [0.25, 0.3) is 0 Å². The van der Waals surface area contributed by atoms with Gasteiger partial charge in [-0.05, 0) is 12.8 Å². The van der Waals surface area contributed by atoms with Crippen LogP contribution in [0.1, 0.15) is 12.8 Å². The number of urea groups is 1. The minimum Gasteiger partial charge on any atom is -0.480 e. The topological polar surface area (TPSA) is 70.1 Å². The van der Waals surface area contributed by atoms with Crippen molar-refractivity contribution in [3.63, 3.8) is 0 Å². The molecule has 102 valence electrons. The standard InChI is InChI=1S/C11H18N2O4S/c1-12(5-8-3-2-4-17-8)11(16)13-7-18-6-9(13)10(14)15/h8-9H,2-7H2,1H3,(H,14,15)/t8?,9-/m0/s1. The Hall–Kier alpha value is -0.950. The molecular weight excluding hydrogens is 256 g/mol. The summed E-state index contributed by atoms with van der Waals surface area (Å²) in [5.41, 5.74) is 0. The summed E-state index contributed by atoms with van der Waals surface area (Å²) in [4.78, 5) is 26.2. The Labute approximate surface area is 110 Å². The Morgan fingerprint density at radius 1 is 1.56 bits per heavy atom. The number of carbonyl (C=O) groups excluding carboxylic acids is 1. The first-order chi connectivity index (χ1) is 8.59. The van der Waals surface area contributed by atoms with E-state index in [0.717, 1.165) is 19.4 Å². The zero-order valence-corrected chi connectivity index (χ0v) is 11.2. The maximum Gasteiger partial charge on any atom is 0.327 e. The molecule has 2 saturated heterocycles. The van der Waals surface area contributed by atoms with Gasteiger partial charge >= 0.3 is 12.0 Å². The molecule has 0 aromatic heterocycles. The lowest BCUT2D eigenvalue weighted by molar-refractivity contribution is -0.140. The number of carbonyl (C=O) groups is 2. The van der Waals surface area contributed by atoms with Crippen molar-refractivity contribution in [2.75, 3.05) is 31.8 Å². The molecule has 1 N–H and O–H groups in total. The van der Waals surface area contributed by atoms with E-state index in [0.29, 0.717) is 18.2 Å². The predicted molar refractivity (Wildman–Crippen MR) is 67.6 cm³/mol. The van der Waals surface area contributed by atoms with Gasteiger partial charge in [0.2, 0.25) is 0 Å². The monoisotopic (exact) mass is 274 g/mol. The highest BCUT2D eigenvalue weighted by Gasteiger charge is 2.36. The number of amides is 2. The van der Waals surface area contributed by atoms with E-state index < -0.39 is 12.0 Å². The van der Waals surface area contributed by atoms with E-state index >= 15 is 0 Å². The molecule has 0 bridgehead atoms. The van der Waals surface area contributed by atoms with Crippen LogP contribution in [0.3, 0.4) is 0 Å². The van der Waals surface area contributed by atoms with Gasteiger partial charge in [0.1, 0.15) is 6.04 Å². The van der Waals surface area contributed by atoms with Crippen LogP contribution in [0.15, 0.2) is 0 Å². The summed E-state index contributed by atoms with van der Waals surface area (Å²) in [5, 5.41) is 9.05. The van der Waals surface area contributed by atoms with E-state index in [1.54, 1.807) is 11.9 Å². The van der Waals surface area contributed by atoms with Crippen LogP contribution < -0.4 is 0 Å². The van der Waals surface area contributed by atoms with Gasteiger partial charge in [-0.25, -0.2) is 9.59 Å². The van der Waals surface area contributed by atoms with Crippen LogP contribution in [-0.4, -0.2) is 70.9 Å². The Balaban J connectivity index is 1.90. The fourth-order valence-corrected chi connectivity index (χ4v) is 3.37. The van der Waals surface area contributed by atoms with Crippen LogP contribution >= 0.6 is 11.8 Å². The summed E-state index contributed by atoms with van der Waals surface area (Å²) in [6, 6.07) is -0.919. The molecule has 1 unspecified atom stereocenters. The molecule has 2 fully saturated rings. The molecule has 0 radical (unpaired) electrons. The molecule has 2 aliphatic heterocycles. The van der Waals surface area contributed by atoms with Crippen molar-refractivity contribution >= 4 is 23.8 Å².